The molecule has 148 valence electrons. The third kappa shape index (κ3) is 6.62. The minimum Gasteiger partial charge on any atom is -0.490 e. The molecule has 0 atom stereocenters. The summed E-state index contributed by atoms with van der Waals surface area (Å²) < 4.78 is 11.3. The zero-order valence-corrected chi connectivity index (χ0v) is 16.9. The summed E-state index contributed by atoms with van der Waals surface area (Å²) in [5, 5.41) is 5.90. The van der Waals surface area contributed by atoms with Crippen molar-refractivity contribution in [2.45, 2.75) is 6.92 Å². The molecule has 0 aliphatic rings. The van der Waals surface area contributed by atoms with Crippen molar-refractivity contribution in [3.05, 3.63) is 90.0 Å². The molecule has 0 aliphatic heterocycles. The second kappa shape index (κ2) is 10.2. The van der Waals surface area contributed by atoms with Crippen molar-refractivity contribution >= 4 is 28.9 Å². The van der Waals surface area contributed by atoms with Gasteiger partial charge in [-0.05, 0) is 55.5 Å². The predicted molar refractivity (Wildman–Crippen MR) is 119 cm³/mol. The van der Waals surface area contributed by atoms with Crippen molar-refractivity contribution in [2.75, 3.05) is 18.5 Å². The van der Waals surface area contributed by atoms with Crippen LogP contribution in [0.25, 0.3) is 0 Å². The van der Waals surface area contributed by atoms with Gasteiger partial charge in [-0.2, -0.15) is 0 Å². The summed E-state index contributed by atoms with van der Waals surface area (Å²) in [4.78, 5) is 12.2. The Morgan fingerprint density at radius 2 is 1.52 bits per heavy atom. The zero-order valence-electron chi connectivity index (χ0n) is 16.1. The average Bonchev–Trinajstić information content (AvgIpc) is 2.72. The topological polar surface area (TPSA) is 59.6 Å². The third-order valence-electron chi connectivity index (χ3n) is 4.00. The second-order valence-electron chi connectivity index (χ2n) is 6.31. The van der Waals surface area contributed by atoms with Crippen LogP contribution in [0.5, 0.6) is 11.5 Å². The minimum absolute atomic E-state index is 0.222. The Hall–Kier alpha value is -3.38. The third-order valence-corrected chi connectivity index (χ3v) is 4.20. The number of anilines is 1. The van der Waals surface area contributed by atoms with Crippen LogP contribution >= 0.6 is 12.2 Å². The predicted octanol–water partition coefficient (Wildman–Crippen LogP) is 4.58. The van der Waals surface area contributed by atoms with Crippen molar-refractivity contribution in [1.82, 2.24) is 5.32 Å². The van der Waals surface area contributed by atoms with Crippen LogP contribution < -0.4 is 20.1 Å². The Morgan fingerprint density at radius 1 is 0.862 bits per heavy atom. The number of carbonyl (C=O) groups is 1. The molecule has 0 heterocycles. The number of rotatable bonds is 7. The molecule has 0 spiro atoms. The maximum atomic E-state index is 12.2. The molecular weight excluding hydrogens is 384 g/mol. The highest BCUT2D eigenvalue weighted by Gasteiger charge is 2.08. The van der Waals surface area contributed by atoms with Crippen LogP contribution in [0.2, 0.25) is 0 Å². The Labute approximate surface area is 175 Å². The number of amides is 1. The van der Waals surface area contributed by atoms with Gasteiger partial charge in [0.15, 0.2) is 5.11 Å². The number of ether oxygens (including phenoxy) is 2. The van der Waals surface area contributed by atoms with Gasteiger partial charge >= 0.3 is 0 Å². The van der Waals surface area contributed by atoms with Gasteiger partial charge in [-0.25, -0.2) is 0 Å². The molecule has 0 saturated carbocycles. The fourth-order valence-corrected chi connectivity index (χ4v) is 2.75. The van der Waals surface area contributed by atoms with Gasteiger partial charge in [0.05, 0.1) is 0 Å². The highest BCUT2D eigenvalue weighted by atomic mass is 32.1. The summed E-state index contributed by atoms with van der Waals surface area (Å²) in [6, 6.07) is 24.2. The molecule has 0 fully saturated rings. The fraction of sp³-hybridized carbons (Fsp3) is 0.130. The quantitative estimate of drug-likeness (QED) is 0.444. The normalized spacial score (nSPS) is 10.1. The number of benzene rings is 3. The second-order valence-corrected chi connectivity index (χ2v) is 6.72. The Morgan fingerprint density at radius 3 is 2.24 bits per heavy atom. The summed E-state index contributed by atoms with van der Waals surface area (Å²) in [5.41, 5.74) is 2.36. The van der Waals surface area contributed by atoms with E-state index in [-0.39, 0.29) is 11.0 Å². The highest BCUT2D eigenvalue weighted by molar-refractivity contribution is 7.80. The molecule has 3 aromatic rings. The maximum Gasteiger partial charge on any atom is 0.257 e. The first-order valence-electron chi connectivity index (χ1n) is 9.20. The number of aryl methyl sites for hydroxylation is 1. The molecule has 0 aliphatic carbocycles. The lowest BCUT2D eigenvalue weighted by atomic mass is 10.1. The van der Waals surface area contributed by atoms with Crippen molar-refractivity contribution in [3.8, 4) is 11.5 Å². The van der Waals surface area contributed by atoms with Gasteiger partial charge in [-0.3, -0.25) is 10.1 Å². The molecule has 6 heteroatoms. The van der Waals surface area contributed by atoms with E-state index in [9.17, 15) is 4.79 Å². The largest absolute Gasteiger partial charge is 0.490 e. The van der Waals surface area contributed by atoms with E-state index in [4.69, 9.17) is 21.7 Å². The first-order chi connectivity index (χ1) is 14.1. The van der Waals surface area contributed by atoms with Crippen LogP contribution in [-0.2, 0) is 0 Å². The molecule has 3 rings (SSSR count). The number of nitrogens with one attached hydrogen (secondary N) is 2. The summed E-state index contributed by atoms with van der Waals surface area (Å²) >= 11 is 5.24. The fourth-order valence-electron chi connectivity index (χ4n) is 2.54. The van der Waals surface area contributed by atoms with Crippen molar-refractivity contribution in [3.63, 3.8) is 0 Å². The van der Waals surface area contributed by atoms with Crippen LogP contribution in [-0.4, -0.2) is 24.2 Å². The van der Waals surface area contributed by atoms with E-state index in [2.05, 4.69) is 10.6 Å². The first kappa shape index (κ1) is 20.4. The van der Waals surface area contributed by atoms with E-state index >= 15 is 0 Å². The molecule has 0 aromatic heterocycles. The molecule has 3 aromatic carbocycles. The van der Waals surface area contributed by atoms with Crippen molar-refractivity contribution < 1.29 is 14.3 Å². The van der Waals surface area contributed by atoms with Crippen molar-refractivity contribution in [2.24, 2.45) is 0 Å². The monoisotopic (exact) mass is 406 g/mol. The molecule has 5 nitrogen and oxygen atoms in total. The van der Waals surface area contributed by atoms with Crippen LogP contribution in [0.1, 0.15) is 15.9 Å². The maximum absolute atomic E-state index is 12.2. The standard InChI is InChI=1S/C23H22N2O3S/c1-17-10-12-18(13-11-17)22(26)25-23(29)24-19-6-5-9-21(16-19)28-15-14-27-20-7-3-2-4-8-20/h2-13,16H,14-15H2,1H3,(H2,24,25,26,29). The SMILES string of the molecule is Cc1ccc(C(=O)NC(=S)Nc2cccc(OCCOc3ccccc3)c2)cc1. The lowest BCUT2D eigenvalue weighted by Crippen LogP contribution is -2.34. The van der Waals surface area contributed by atoms with Gasteiger partial charge in [-0.15, -0.1) is 0 Å². The van der Waals surface area contributed by atoms with Crippen LogP contribution in [0.4, 0.5) is 5.69 Å². The first-order valence-corrected chi connectivity index (χ1v) is 9.61. The van der Waals surface area contributed by atoms with E-state index in [1.165, 1.54) is 0 Å². The lowest BCUT2D eigenvalue weighted by Gasteiger charge is -2.12. The molecule has 0 bridgehead atoms. The van der Waals surface area contributed by atoms with E-state index in [0.717, 1.165) is 17.0 Å². The van der Waals surface area contributed by atoms with E-state index < -0.39 is 0 Å². The van der Waals surface area contributed by atoms with Crippen LogP contribution in [0, 0.1) is 6.92 Å². The van der Waals surface area contributed by atoms with Crippen LogP contribution in [0.3, 0.4) is 0 Å². The van der Waals surface area contributed by atoms with Gasteiger partial charge in [-0.1, -0.05) is 42.0 Å². The molecule has 1 amide bonds. The molecule has 0 unspecified atom stereocenters. The van der Waals surface area contributed by atoms with Gasteiger partial charge < -0.3 is 14.8 Å². The van der Waals surface area contributed by atoms with E-state index in [1.807, 2.05) is 73.7 Å². The summed E-state index contributed by atoms with van der Waals surface area (Å²) in [6.45, 7) is 2.82. The van der Waals surface area contributed by atoms with Crippen LogP contribution in [0.15, 0.2) is 78.9 Å². The number of thiocarbonyl (C=S) groups is 1. The molecule has 0 saturated heterocycles. The van der Waals surface area contributed by atoms with Gasteiger partial charge in [0.25, 0.3) is 5.91 Å². The number of hydrogen-bond donors (Lipinski definition) is 2. The average molecular weight is 407 g/mol. The summed E-state index contributed by atoms with van der Waals surface area (Å²) in [7, 11) is 0. The Kier molecular flexibility index (Phi) is 7.19. The smallest absolute Gasteiger partial charge is 0.257 e. The van der Waals surface area contributed by atoms with Gasteiger partial charge in [0, 0.05) is 17.3 Å². The molecule has 2 N–H and O–H groups in total. The summed E-state index contributed by atoms with van der Waals surface area (Å²) in [6.07, 6.45) is 0. The number of para-hydroxylation sites is 1. The van der Waals surface area contributed by atoms with E-state index in [1.54, 1.807) is 12.1 Å². The van der Waals surface area contributed by atoms with E-state index in [0.29, 0.717) is 24.5 Å². The van der Waals surface area contributed by atoms with Crippen molar-refractivity contribution in [1.29, 1.82) is 0 Å². The molecular formula is C23H22N2O3S. The Balaban J connectivity index is 1.46. The highest BCUT2D eigenvalue weighted by Crippen LogP contribution is 2.17. The zero-order chi connectivity index (χ0) is 20.5. The summed E-state index contributed by atoms with van der Waals surface area (Å²) in [5.74, 6) is 1.23. The number of hydrogen-bond acceptors (Lipinski definition) is 4. The number of carbonyl (C=O) groups excluding carboxylic acids is 1. The van der Waals surface area contributed by atoms with Gasteiger partial charge in [0.1, 0.15) is 24.7 Å². The minimum atomic E-state index is -0.257. The molecule has 0 radical (unpaired) electrons. The molecule has 29 heavy (non-hydrogen) atoms. The Bertz CT molecular complexity index is 959. The van der Waals surface area contributed by atoms with Gasteiger partial charge in [0.2, 0.25) is 0 Å². The lowest BCUT2D eigenvalue weighted by molar-refractivity contribution is 0.0977.